The van der Waals surface area contributed by atoms with Crippen LogP contribution in [0.3, 0.4) is 0 Å². The van der Waals surface area contributed by atoms with Crippen LogP contribution in [-0.4, -0.2) is 17.6 Å². The molecule has 0 amide bonds. The second-order valence-corrected chi connectivity index (χ2v) is 5.78. The molecule has 1 aromatic heterocycles. The highest BCUT2D eigenvalue weighted by Crippen LogP contribution is 2.28. The van der Waals surface area contributed by atoms with Crippen molar-refractivity contribution in [2.24, 2.45) is 0 Å². The van der Waals surface area contributed by atoms with E-state index in [2.05, 4.69) is 17.9 Å². The van der Waals surface area contributed by atoms with Crippen molar-refractivity contribution in [3.63, 3.8) is 0 Å². The summed E-state index contributed by atoms with van der Waals surface area (Å²) in [6.45, 7) is 3.23. The lowest BCUT2D eigenvalue weighted by Crippen LogP contribution is -2.38. The summed E-state index contributed by atoms with van der Waals surface area (Å²) in [6, 6.07) is 10.2. The Morgan fingerprint density at radius 1 is 1.35 bits per heavy atom. The van der Waals surface area contributed by atoms with Crippen molar-refractivity contribution >= 4 is 28.3 Å². The van der Waals surface area contributed by atoms with Gasteiger partial charge in [-0.25, -0.2) is 4.98 Å². The summed E-state index contributed by atoms with van der Waals surface area (Å²) in [7, 11) is 0. The zero-order chi connectivity index (χ0) is 14.1. The number of hydrogen-bond donors (Lipinski definition) is 0. The summed E-state index contributed by atoms with van der Waals surface area (Å²) in [5.74, 6) is 0.906. The Bertz CT molecular complexity index is 690. The van der Waals surface area contributed by atoms with Crippen LogP contribution in [0.15, 0.2) is 24.3 Å². The first-order chi connectivity index (χ1) is 9.69. The molecule has 1 saturated heterocycles. The third kappa shape index (κ3) is 2.32. The molecule has 0 N–H and O–H groups in total. The number of aromatic nitrogens is 1. The molecule has 0 unspecified atom stereocenters. The minimum atomic E-state index is 0.479. The van der Waals surface area contributed by atoms with E-state index >= 15 is 0 Å². The van der Waals surface area contributed by atoms with Crippen molar-refractivity contribution in [1.29, 1.82) is 5.26 Å². The maximum atomic E-state index is 9.38. The van der Waals surface area contributed by atoms with Gasteiger partial charge in [-0.2, -0.15) is 5.26 Å². The molecule has 0 spiro atoms. The Morgan fingerprint density at radius 3 is 2.95 bits per heavy atom. The van der Waals surface area contributed by atoms with Gasteiger partial charge in [0.15, 0.2) is 0 Å². The van der Waals surface area contributed by atoms with Gasteiger partial charge >= 0.3 is 0 Å². The number of hydrogen-bond acceptors (Lipinski definition) is 3. The largest absolute Gasteiger partial charge is 0.354 e. The highest BCUT2D eigenvalue weighted by atomic mass is 35.5. The van der Waals surface area contributed by atoms with Gasteiger partial charge in [0.2, 0.25) is 0 Å². The topological polar surface area (TPSA) is 39.9 Å². The number of fused-ring (bicyclic) bond motifs is 1. The third-order valence-electron chi connectivity index (χ3n) is 3.97. The normalized spacial score (nSPS) is 19.1. The van der Waals surface area contributed by atoms with Crippen LogP contribution in [0.4, 0.5) is 5.82 Å². The Balaban J connectivity index is 2.13. The molecule has 1 aliphatic heterocycles. The van der Waals surface area contributed by atoms with Crippen molar-refractivity contribution < 1.29 is 0 Å². The Morgan fingerprint density at radius 2 is 2.20 bits per heavy atom. The highest BCUT2D eigenvalue weighted by molar-refractivity contribution is 6.31. The number of nitriles is 1. The van der Waals surface area contributed by atoms with Crippen molar-refractivity contribution in [2.45, 2.75) is 32.2 Å². The smallest absolute Gasteiger partial charge is 0.130 e. The molecule has 2 aromatic rings. The van der Waals surface area contributed by atoms with E-state index in [0.29, 0.717) is 16.6 Å². The van der Waals surface area contributed by atoms with E-state index in [0.717, 1.165) is 23.3 Å². The Kier molecular flexibility index (Phi) is 3.50. The molecule has 0 aliphatic carbocycles. The fourth-order valence-electron chi connectivity index (χ4n) is 2.86. The minimum absolute atomic E-state index is 0.479. The summed E-state index contributed by atoms with van der Waals surface area (Å²) in [5.41, 5.74) is 1.48. The number of rotatable bonds is 1. The molecule has 1 fully saturated rings. The number of piperidine rings is 1. The molecule has 2 heterocycles. The first kappa shape index (κ1) is 13.2. The van der Waals surface area contributed by atoms with Crippen molar-refractivity contribution in [1.82, 2.24) is 4.98 Å². The Hall–Kier alpha value is -1.79. The molecule has 4 heteroatoms. The number of anilines is 1. The molecular weight excluding hydrogens is 270 g/mol. The van der Waals surface area contributed by atoms with Gasteiger partial charge in [-0.1, -0.05) is 11.6 Å². The maximum Gasteiger partial charge on any atom is 0.130 e. The van der Waals surface area contributed by atoms with Crippen molar-refractivity contribution in [3.05, 3.63) is 34.9 Å². The summed E-state index contributed by atoms with van der Waals surface area (Å²) >= 11 is 6.01. The van der Waals surface area contributed by atoms with Gasteiger partial charge in [0.1, 0.15) is 5.82 Å². The fourth-order valence-corrected chi connectivity index (χ4v) is 3.03. The number of pyridine rings is 1. The summed E-state index contributed by atoms with van der Waals surface area (Å²) in [5, 5.41) is 10.8. The van der Waals surface area contributed by atoms with Crippen LogP contribution in [0.25, 0.3) is 10.9 Å². The van der Waals surface area contributed by atoms with E-state index in [1.54, 1.807) is 0 Å². The van der Waals surface area contributed by atoms with Crippen LogP contribution in [0, 0.1) is 11.3 Å². The standard InChI is InChI=1S/C16H16ClN3/c1-11-4-2-3-7-20(11)16-8-12(10-18)14-9-13(17)5-6-15(14)19-16/h5-6,8-9,11H,2-4,7H2,1H3/t11-/m1/s1. The van der Waals surface area contributed by atoms with E-state index in [1.807, 2.05) is 24.3 Å². The number of benzene rings is 1. The van der Waals surface area contributed by atoms with Gasteiger partial charge in [-0.3, -0.25) is 0 Å². The van der Waals surface area contributed by atoms with E-state index < -0.39 is 0 Å². The van der Waals surface area contributed by atoms with E-state index in [1.165, 1.54) is 19.3 Å². The van der Waals surface area contributed by atoms with Gasteiger partial charge in [0, 0.05) is 23.0 Å². The molecule has 20 heavy (non-hydrogen) atoms. The number of nitrogens with zero attached hydrogens (tertiary/aromatic N) is 3. The predicted molar refractivity (Wildman–Crippen MR) is 82.1 cm³/mol. The highest BCUT2D eigenvalue weighted by Gasteiger charge is 2.20. The maximum absolute atomic E-state index is 9.38. The summed E-state index contributed by atoms with van der Waals surface area (Å²) in [6.07, 6.45) is 3.64. The van der Waals surface area contributed by atoms with Crippen LogP contribution in [0.2, 0.25) is 5.02 Å². The lowest BCUT2D eigenvalue weighted by atomic mass is 10.0. The Labute approximate surface area is 123 Å². The van der Waals surface area contributed by atoms with Crippen LogP contribution >= 0.6 is 11.6 Å². The molecule has 3 rings (SSSR count). The second-order valence-electron chi connectivity index (χ2n) is 5.34. The molecule has 0 radical (unpaired) electrons. The molecule has 1 aromatic carbocycles. The van der Waals surface area contributed by atoms with Gasteiger partial charge in [-0.15, -0.1) is 0 Å². The molecule has 0 bridgehead atoms. The first-order valence-corrected chi connectivity index (χ1v) is 7.34. The monoisotopic (exact) mass is 285 g/mol. The van der Waals surface area contributed by atoms with Crippen LogP contribution in [0.1, 0.15) is 31.7 Å². The lowest BCUT2D eigenvalue weighted by molar-refractivity contribution is 0.481. The van der Waals surface area contributed by atoms with Crippen molar-refractivity contribution in [2.75, 3.05) is 11.4 Å². The molecule has 3 nitrogen and oxygen atoms in total. The fraction of sp³-hybridized carbons (Fsp3) is 0.375. The first-order valence-electron chi connectivity index (χ1n) is 6.96. The van der Waals surface area contributed by atoms with E-state index in [-0.39, 0.29) is 0 Å². The molecule has 1 atom stereocenters. The molecule has 0 saturated carbocycles. The average molecular weight is 286 g/mol. The van der Waals surface area contributed by atoms with Crippen molar-refractivity contribution in [3.8, 4) is 6.07 Å². The predicted octanol–water partition coefficient (Wildman–Crippen LogP) is 4.14. The third-order valence-corrected chi connectivity index (χ3v) is 4.21. The minimum Gasteiger partial charge on any atom is -0.354 e. The SMILES string of the molecule is C[C@@H]1CCCCN1c1cc(C#N)c2cc(Cl)ccc2n1. The van der Waals surface area contributed by atoms with Gasteiger partial charge in [0.05, 0.1) is 17.1 Å². The van der Waals surface area contributed by atoms with Crippen LogP contribution in [0.5, 0.6) is 0 Å². The average Bonchev–Trinajstić information content (AvgIpc) is 2.46. The van der Waals surface area contributed by atoms with Crippen LogP contribution in [-0.2, 0) is 0 Å². The number of halogens is 1. The summed E-state index contributed by atoms with van der Waals surface area (Å²) in [4.78, 5) is 7.02. The zero-order valence-electron chi connectivity index (χ0n) is 11.4. The zero-order valence-corrected chi connectivity index (χ0v) is 12.2. The van der Waals surface area contributed by atoms with Gasteiger partial charge in [-0.05, 0) is 50.5 Å². The molecule has 102 valence electrons. The van der Waals surface area contributed by atoms with Gasteiger partial charge in [0.25, 0.3) is 0 Å². The van der Waals surface area contributed by atoms with Gasteiger partial charge < -0.3 is 4.90 Å². The lowest BCUT2D eigenvalue weighted by Gasteiger charge is -2.34. The van der Waals surface area contributed by atoms with Crippen LogP contribution < -0.4 is 4.90 Å². The second kappa shape index (κ2) is 5.30. The summed E-state index contributed by atoms with van der Waals surface area (Å²) < 4.78 is 0. The molecule has 1 aliphatic rings. The van der Waals surface area contributed by atoms with E-state index in [9.17, 15) is 5.26 Å². The molecular formula is C16H16ClN3. The quantitative estimate of drug-likeness (QED) is 0.790. The van der Waals surface area contributed by atoms with E-state index in [4.69, 9.17) is 16.6 Å².